The lowest BCUT2D eigenvalue weighted by Gasteiger charge is -2.19. The van der Waals surface area contributed by atoms with Crippen LogP contribution in [0, 0.1) is 11.8 Å². The minimum atomic E-state index is -0.0180. The van der Waals surface area contributed by atoms with Crippen molar-refractivity contribution in [2.45, 2.75) is 86.0 Å². The number of hydrogen-bond acceptors (Lipinski definition) is 2. The Morgan fingerprint density at radius 3 is 1.79 bits per heavy atom. The zero-order valence-electron chi connectivity index (χ0n) is 21.2. The molecule has 2 heteroatoms. The van der Waals surface area contributed by atoms with Crippen LogP contribution in [0.5, 0.6) is 0 Å². The zero-order chi connectivity index (χ0) is 24.0. The third-order valence-corrected chi connectivity index (χ3v) is 6.67. The van der Waals surface area contributed by atoms with Crippen molar-refractivity contribution in [3.8, 4) is 0 Å². The van der Waals surface area contributed by atoms with Crippen molar-refractivity contribution in [1.29, 1.82) is 0 Å². The average Bonchev–Trinajstić information content (AvgIpc) is 2.77. The van der Waals surface area contributed by atoms with E-state index in [-0.39, 0.29) is 11.6 Å². The number of fused-ring (bicyclic) bond motifs is 2. The Bertz CT molecular complexity index is 1020. The quantitative estimate of drug-likeness (QED) is 0.280. The SMILES string of the molecule is CC(=CCCc1ccc2c(c1)C(=O)c1ccc(CCCC(C)C)cc1C2=O)CCCC(C)C. The Kier molecular flexibility index (Phi) is 8.83. The minimum absolute atomic E-state index is 0.0160. The summed E-state index contributed by atoms with van der Waals surface area (Å²) in [5, 5.41) is 0. The smallest absolute Gasteiger partial charge is 0.194 e. The highest BCUT2D eigenvalue weighted by Crippen LogP contribution is 2.29. The van der Waals surface area contributed by atoms with Crippen LogP contribution in [-0.4, -0.2) is 11.6 Å². The van der Waals surface area contributed by atoms with Crippen LogP contribution in [0.4, 0.5) is 0 Å². The molecule has 2 nitrogen and oxygen atoms in total. The predicted octanol–water partition coefficient (Wildman–Crippen LogP) is 8.15. The molecule has 0 unspecified atom stereocenters. The summed E-state index contributed by atoms with van der Waals surface area (Å²) >= 11 is 0. The van der Waals surface area contributed by atoms with Gasteiger partial charge >= 0.3 is 0 Å². The molecule has 0 aliphatic heterocycles. The van der Waals surface area contributed by atoms with Gasteiger partial charge in [-0.05, 0) is 80.5 Å². The van der Waals surface area contributed by atoms with Gasteiger partial charge < -0.3 is 0 Å². The molecule has 176 valence electrons. The Morgan fingerprint density at radius 2 is 1.24 bits per heavy atom. The van der Waals surface area contributed by atoms with E-state index in [2.05, 4.69) is 40.7 Å². The van der Waals surface area contributed by atoms with E-state index < -0.39 is 0 Å². The molecule has 0 spiro atoms. The van der Waals surface area contributed by atoms with Crippen LogP contribution in [0.3, 0.4) is 0 Å². The van der Waals surface area contributed by atoms with Gasteiger partial charge in [0.2, 0.25) is 0 Å². The van der Waals surface area contributed by atoms with E-state index in [9.17, 15) is 9.59 Å². The first-order valence-corrected chi connectivity index (χ1v) is 12.8. The Balaban J connectivity index is 1.68. The molecule has 1 aliphatic carbocycles. The van der Waals surface area contributed by atoms with Gasteiger partial charge in [-0.1, -0.05) is 76.5 Å². The first-order valence-electron chi connectivity index (χ1n) is 12.8. The predicted molar refractivity (Wildman–Crippen MR) is 138 cm³/mol. The third-order valence-electron chi connectivity index (χ3n) is 6.67. The lowest BCUT2D eigenvalue weighted by atomic mass is 9.82. The van der Waals surface area contributed by atoms with E-state index in [0.29, 0.717) is 28.2 Å². The highest BCUT2D eigenvalue weighted by Gasteiger charge is 2.29. The van der Waals surface area contributed by atoms with Crippen LogP contribution in [0.2, 0.25) is 0 Å². The van der Waals surface area contributed by atoms with Crippen LogP contribution in [0.15, 0.2) is 48.0 Å². The lowest BCUT2D eigenvalue weighted by molar-refractivity contribution is 0.0979. The summed E-state index contributed by atoms with van der Waals surface area (Å²) in [7, 11) is 0. The van der Waals surface area contributed by atoms with E-state index in [0.717, 1.165) is 49.1 Å². The van der Waals surface area contributed by atoms with E-state index in [1.54, 1.807) is 0 Å². The fraction of sp³-hybridized carbons (Fsp3) is 0.484. The lowest BCUT2D eigenvalue weighted by Crippen LogP contribution is -2.21. The summed E-state index contributed by atoms with van der Waals surface area (Å²) in [6, 6.07) is 11.6. The molecule has 0 bridgehead atoms. The van der Waals surface area contributed by atoms with Crippen molar-refractivity contribution < 1.29 is 9.59 Å². The highest BCUT2D eigenvalue weighted by atomic mass is 16.1. The van der Waals surface area contributed by atoms with Crippen molar-refractivity contribution in [2.75, 3.05) is 0 Å². The third kappa shape index (κ3) is 6.76. The fourth-order valence-corrected chi connectivity index (χ4v) is 4.65. The molecule has 0 fully saturated rings. The molecule has 3 rings (SSSR count). The van der Waals surface area contributed by atoms with Crippen molar-refractivity contribution in [2.24, 2.45) is 11.8 Å². The molecule has 1 aliphatic rings. The molecular formula is C31H40O2. The van der Waals surface area contributed by atoms with E-state index in [4.69, 9.17) is 0 Å². The first-order chi connectivity index (χ1) is 15.8. The minimum Gasteiger partial charge on any atom is -0.289 e. The summed E-state index contributed by atoms with van der Waals surface area (Å²) < 4.78 is 0. The molecule has 0 saturated heterocycles. The van der Waals surface area contributed by atoms with E-state index in [1.807, 2.05) is 36.4 Å². The van der Waals surface area contributed by atoms with Crippen LogP contribution in [0.25, 0.3) is 0 Å². The number of carbonyl (C=O) groups is 2. The Labute approximate surface area is 200 Å². The van der Waals surface area contributed by atoms with Gasteiger partial charge in [0.05, 0.1) is 0 Å². The number of aryl methyl sites for hydroxylation is 2. The van der Waals surface area contributed by atoms with Crippen LogP contribution in [0.1, 0.15) is 116 Å². The number of rotatable bonds is 11. The molecule has 0 heterocycles. The van der Waals surface area contributed by atoms with Gasteiger partial charge in [-0.15, -0.1) is 0 Å². The van der Waals surface area contributed by atoms with Crippen LogP contribution in [-0.2, 0) is 12.8 Å². The summed E-state index contributed by atoms with van der Waals surface area (Å²) in [6.07, 6.45) is 11.1. The number of allylic oxidation sites excluding steroid dienone is 2. The molecular weight excluding hydrogens is 404 g/mol. The molecule has 2 aromatic rings. The van der Waals surface area contributed by atoms with Crippen molar-refractivity contribution >= 4 is 11.6 Å². The van der Waals surface area contributed by atoms with Gasteiger partial charge in [-0.2, -0.15) is 0 Å². The van der Waals surface area contributed by atoms with E-state index >= 15 is 0 Å². The summed E-state index contributed by atoms with van der Waals surface area (Å²) in [5.41, 5.74) is 5.95. The number of carbonyl (C=O) groups excluding carboxylic acids is 2. The maximum Gasteiger partial charge on any atom is 0.194 e. The van der Waals surface area contributed by atoms with Gasteiger partial charge in [0.1, 0.15) is 0 Å². The van der Waals surface area contributed by atoms with Crippen molar-refractivity contribution in [3.63, 3.8) is 0 Å². The maximum absolute atomic E-state index is 13.2. The molecule has 0 saturated carbocycles. The fourth-order valence-electron chi connectivity index (χ4n) is 4.65. The molecule has 0 amide bonds. The second kappa shape index (κ2) is 11.6. The average molecular weight is 445 g/mol. The summed E-state index contributed by atoms with van der Waals surface area (Å²) in [6.45, 7) is 11.2. The monoisotopic (exact) mass is 444 g/mol. The maximum atomic E-state index is 13.2. The van der Waals surface area contributed by atoms with Gasteiger partial charge in [0.25, 0.3) is 0 Å². The number of hydrogen-bond donors (Lipinski definition) is 0. The number of benzene rings is 2. The molecule has 0 atom stereocenters. The second-order valence-electron chi connectivity index (χ2n) is 10.6. The Hall–Kier alpha value is -2.48. The summed E-state index contributed by atoms with van der Waals surface area (Å²) in [4.78, 5) is 26.4. The van der Waals surface area contributed by atoms with Gasteiger partial charge in [-0.25, -0.2) is 0 Å². The highest BCUT2D eigenvalue weighted by molar-refractivity contribution is 6.28. The molecule has 33 heavy (non-hydrogen) atoms. The zero-order valence-corrected chi connectivity index (χ0v) is 21.2. The van der Waals surface area contributed by atoms with Gasteiger partial charge in [0, 0.05) is 22.3 Å². The second-order valence-corrected chi connectivity index (χ2v) is 10.6. The topological polar surface area (TPSA) is 34.1 Å². The standard InChI is InChI=1S/C31H40O2/c1-21(2)9-6-11-23(5)12-8-14-25-16-18-27-29(20-25)31(33)26-17-15-24(13-7-10-22(3)4)19-28(26)30(27)32/h12,15-22H,6-11,13-14H2,1-5H3. The molecule has 2 aromatic carbocycles. The first kappa shape index (κ1) is 25.1. The normalized spacial score (nSPS) is 13.6. The molecule has 0 N–H and O–H groups in total. The Morgan fingerprint density at radius 1 is 0.727 bits per heavy atom. The van der Waals surface area contributed by atoms with Crippen LogP contribution >= 0.6 is 0 Å². The summed E-state index contributed by atoms with van der Waals surface area (Å²) in [5.74, 6) is 1.40. The largest absolute Gasteiger partial charge is 0.289 e. The van der Waals surface area contributed by atoms with Crippen LogP contribution < -0.4 is 0 Å². The van der Waals surface area contributed by atoms with Crippen molar-refractivity contribution in [1.82, 2.24) is 0 Å². The van der Waals surface area contributed by atoms with E-state index in [1.165, 1.54) is 24.8 Å². The van der Waals surface area contributed by atoms with Crippen molar-refractivity contribution in [3.05, 3.63) is 81.4 Å². The molecule has 0 radical (unpaired) electrons. The number of ketones is 2. The van der Waals surface area contributed by atoms with Gasteiger partial charge in [-0.3, -0.25) is 9.59 Å². The van der Waals surface area contributed by atoms with Gasteiger partial charge in [0.15, 0.2) is 11.6 Å². The molecule has 0 aromatic heterocycles.